The molecule has 2 aliphatic rings. The molecule has 5 rings (SSSR count). The zero-order chi connectivity index (χ0) is 30.1. The fourth-order valence-corrected chi connectivity index (χ4v) is 6.32. The van der Waals surface area contributed by atoms with Crippen LogP contribution in [0.1, 0.15) is 39.2 Å². The number of aromatic nitrogens is 1. The van der Waals surface area contributed by atoms with Crippen molar-refractivity contribution in [3.63, 3.8) is 0 Å². The highest BCUT2D eigenvalue weighted by Gasteiger charge is 2.39. The number of hydrogen-bond donors (Lipinski definition) is 1. The predicted octanol–water partition coefficient (Wildman–Crippen LogP) is 4.11. The van der Waals surface area contributed by atoms with Gasteiger partial charge in [0, 0.05) is 49.2 Å². The molecule has 3 heterocycles. The average Bonchev–Trinajstić information content (AvgIpc) is 3.20. The number of fused-ring (bicyclic) bond motifs is 1. The van der Waals surface area contributed by atoms with Crippen LogP contribution in [0.4, 0.5) is 9.59 Å². The SMILES string of the molecule is CC(C)(C)OC(=O)N1CCC(CN2C(=O)NC(Cc3ccc(OS(=O)(=O)c4cccc5cnccc45)cc3)C2=O)CC1. The number of nitrogens with one attached hydrogen (secondary N) is 1. The summed E-state index contributed by atoms with van der Waals surface area (Å²) in [6.45, 7) is 6.78. The van der Waals surface area contributed by atoms with E-state index in [0.29, 0.717) is 36.7 Å². The molecule has 1 N–H and O–H groups in total. The van der Waals surface area contributed by atoms with Crippen LogP contribution in [-0.4, -0.2) is 72.5 Å². The molecule has 222 valence electrons. The van der Waals surface area contributed by atoms with Crippen LogP contribution in [0.15, 0.2) is 65.8 Å². The molecule has 1 atom stereocenters. The first-order valence-electron chi connectivity index (χ1n) is 13.9. The van der Waals surface area contributed by atoms with Gasteiger partial charge in [-0.05, 0) is 69.4 Å². The van der Waals surface area contributed by atoms with Crippen LogP contribution < -0.4 is 9.50 Å². The lowest BCUT2D eigenvalue weighted by Crippen LogP contribution is -2.44. The molecule has 0 spiro atoms. The van der Waals surface area contributed by atoms with Gasteiger partial charge in [-0.25, -0.2) is 9.59 Å². The van der Waals surface area contributed by atoms with E-state index < -0.39 is 27.8 Å². The molecule has 4 amide bonds. The van der Waals surface area contributed by atoms with E-state index in [2.05, 4.69) is 10.3 Å². The van der Waals surface area contributed by atoms with Gasteiger partial charge in [0.25, 0.3) is 5.91 Å². The molecule has 0 aliphatic carbocycles. The number of nitrogens with zero attached hydrogens (tertiary/aromatic N) is 3. The summed E-state index contributed by atoms with van der Waals surface area (Å²) in [5.74, 6) is -0.0811. The van der Waals surface area contributed by atoms with Gasteiger partial charge in [0.15, 0.2) is 0 Å². The van der Waals surface area contributed by atoms with E-state index in [-0.39, 0.29) is 41.5 Å². The van der Waals surface area contributed by atoms with E-state index >= 15 is 0 Å². The maximum Gasteiger partial charge on any atom is 0.410 e. The second-order valence-electron chi connectivity index (χ2n) is 11.6. The van der Waals surface area contributed by atoms with Crippen molar-refractivity contribution in [3.8, 4) is 5.75 Å². The van der Waals surface area contributed by atoms with Gasteiger partial charge in [-0.3, -0.25) is 14.7 Å². The van der Waals surface area contributed by atoms with Crippen LogP contribution in [0, 0.1) is 5.92 Å². The lowest BCUT2D eigenvalue weighted by atomic mass is 9.96. The summed E-state index contributed by atoms with van der Waals surface area (Å²) in [6, 6.07) is 11.7. The topological polar surface area (TPSA) is 135 Å². The number of carbonyl (C=O) groups is 3. The number of benzene rings is 2. The van der Waals surface area contributed by atoms with E-state index in [1.54, 1.807) is 41.4 Å². The van der Waals surface area contributed by atoms with Gasteiger partial charge in [0.1, 0.15) is 22.3 Å². The molecule has 2 aliphatic heterocycles. The fourth-order valence-electron chi connectivity index (χ4n) is 5.17. The van der Waals surface area contributed by atoms with Crippen LogP contribution >= 0.6 is 0 Å². The molecule has 42 heavy (non-hydrogen) atoms. The number of imide groups is 1. The Hall–Kier alpha value is -4.19. The minimum atomic E-state index is -4.10. The number of pyridine rings is 1. The highest BCUT2D eigenvalue weighted by molar-refractivity contribution is 7.87. The molecular formula is C30H34N4O7S. The highest BCUT2D eigenvalue weighted by atomic mass is 32.2. The normalized spacial score (nSPS) is 18.3. The van der Waals surface area contributed by atoms with Gasteiger partial charge in [0.2, 0.25) is 0 Å². The first-order valence-corrected chi connectivity index (χ1v) is 15.3. The lowest BCUT2D eigenvalue weighted by Gasteiger charge is -2.34. The van der Waals surface area contributed by atoms with Crippen LogP contribution in [0.25, 0.3) is 10.8 Å². The highest BCUT2D eigenvalue weighted by Crippen LogP contribution is 2.27. The minimum absolute atomic E-state index is 0.0429. The zero-order valence-corrected chi connectivity index (χ0v) is 24.6. The Morgan fingerprint density at radius 3 is 2.45 bits per heavy atom. The summed E-state index contributed by atoms with van der Waals surface area (Å²) in [7, 11) is -4.10. The van der Waals surface area contributed by atoms with Crippen molar-refractivity contribution in [3.05, 3.63) is 66.5 Å². The van der Waals surface area contributed by atoms with Crippen LogP contribution in [-0.2, 0) is 26.1 Å². The van der Waals surface area contributed by atoms with Crippen molar-refractivity contribution in [1.82, 2.24) is 20.1 Å². The van der Waals surface area contributed by atoms with Gasteiger partial charge in [-0.15, -0.1) is 0 Å². The van der Waals surface area contributed by atoms with Gasteiger partial charge < -0.3 is 19.1 Å². The number of piperidine rings is 1. The van der Waals surface area contributed by atoms with E-state index in [1.165, 1.54) is 29.3 Å². The smallest absolute Gasteiger partial charge is 0.410 e. The van der Waals surface area contributed by atoms with Crippen molar-refractivity contribution >= 4 is 38.9 Å². The summed E-state index contributed by atoms with van der Waals surface area (Å²) in [4.78, 5) is 45.0. The Labute approximate surface area is 244 Å². The molecule has 11 nitrogen and oxygen atoms in total. The predicted molar refractivity (Wildman–Crippen MR) is 154 cm³/mol. The van der Waals surface area contributed by atoms with Crippen molar-refractivity contribution in [2.75, 3.05) is 19.6 Å². The third-order valence-corrected chi connectivity index (χ3v) is 8.60. The number of ether oxygens (including phenoxy) is 1. The van der Waals surface area contributed by atoms with Gasteiger partial charge in [0.05, 0.1) is 0 Å². The summed E-state index contributed by atoms with van der Waals surface area (Å²) in [5, 5.41) is 3.95. The number of hydrogen-bond acceptors (Lipinski definition) is 8. The molecule has 0 bridgehead atoms. The van der Waals surface area contributed by atoms with Gasteiger partial charge >= 0.3 is 22.2 Å². The Bertz CT molecular complexity index is 1590. The van der Waals surface area contributed by atoms with Crippen LogP contribution in [0.3, 0.4) is 0 Å². The number of carbonyl (C=O) groups excluding carboxylic acids is 3. The standard InChI is InChI=1S/C30H34N4O7S/c1-30(2,3)40-29(37)33-15-12-21(13-16-33)19-34-27(35)25(32-28(34)36)17-20-7-9-23(10-8-20)41-42(38,39)26-6-4-5-22-18-31-14-11-24(22)26/h4-11,14,18,21,25H,12-13,15-17,19H2,1-3H3,(H,32,36). The van der Waals surface area contributed by atoms with E-state index in [1.807, 2.05) is 20.8 Å². The molecule has 2 fully saturated rings. The maximum atomic E-state index is 13.1. The Balaban J connectivity index is 1.16. The molecule has 12 heteroatoms. The van der Waals surface area contributed by atoms with Crippen molar-refractivity contribution in [1.29, 1.82) is 0 Å². The number of rotatable bonds is 7. The average molecular weight is 595 g/mol. The van der Waals surface area contributed by atoms with Crippen molar-refractivity contribution in [2.24, 2.45) is 5.92 Å². The molecule has 0 saturated carbocycles. The lowest BCUT2D eigenvalue weighted by molar-refractivity contribution is -0.128. The maximum absolute atomic E-state index is 13.1. The molecule has 2 saturated heterocycles. The van der Waals surface area contributed by atoms with E-state index in [4.69, 9.17) is 8.92 Å². The number of urea groups is 1. The first-order chi connectivity index (χ1) is 19.9. The second kappa shape index (κ2) is 11.6. The zero-order valence-electron chi connectivity index (χ0n) is 23.8. The Kier molecular flexibility index (Phi) is 8.09. The quantitative estimate of drug-likeness (QED) is 0.319. The number of likely N-dealkylation sites (tertiary alicyclic amines) is 1. The third-order valence-electron chi connectivity index (χ3n) is 7.29. The summed E-state index contributed by atoms with van der Waals surface area (Å²) in [6.07, 6.45) is 4.35. The molecule has 1 aromatic heterocycles. The largest absolute Gasteiger partial charge is 0.444 e. The molecular weight excluding hydrogens is 560 g/mol. The molecule has 2 aromatic carbocycles. The van der Waals surface area contributed by atoms with E-state index in [9.17, 15) is 22.8 Å². The Morgan fingerprint density at radius 1 is 1.05 bits per heavy atom. The second-order valence-corrected chi connectivity index (χ2v) is 13.1. The monoisotopic (exact) mass is 594 g/mol. The van der Waals surface area contributed by atoms with Gasteiger partial charge in [-0.1, -0.05) is 24.3 Å². The van der Waals surface area contributed by atoms with Crippen molar-refractivity contribution in [2.45, 2.75) is 56.6 Å². The summed E-state index contributed by atoms with van der Waals surface area (Å²) in [5.41, 5.74) is 0.172. The first kappa shape index (κ1) is 29.3. The Morgan fingerprint density at radius 2 is 1.76 bits per heavy atom. The van der Waals surface area contributed by atoms with Gasteiger partial charge in [-0.2, -0.15) is 8.42 Å². The van der Waals surface area contributed by atoms with E-state index in [0.717, 1.165) is 5.56 Å². The van der Waals surface area contributed by atoms with Crippen LogP contribution in [0.5, 0.6) is 5.75 Å². The summed E-state index contributed by atoms with van der Waals surface area (Å²) >= 11 is 0. The number of amides is 4. The molecule has 0 radical (unpaired) electrons. The van der Waals surface area contributed by atoms with Crippen molar-refractivity contribution < 1.29 is 31.7 Å². The fraction of sp³-hybridized carbons (Fsp3) is 0.400. The van der Waals surface area contributed by atoms with Crippen LogP contribution in [0.2, 0.25) is 0 Å². The molecule has 1 unspecified atom stereocenters. The molecule has 3 aromatic rings. The summed E-state index contributed by atoms with van der Waals surface area (Å²) < 4.78 is 36.8. The minimum Gasteiger partial charge on any atom is -0.444 e. The third kappa shape index (κ3) is 6.64.